The van der Waals surface area contributed by atoms with E-state index in [1.807, 2.05) is 13.0 Å². The third-order valence-corrected chi connectivity index (χ3v) is 4.24. The van der Waals surface area contributed by atoms with E-state index >= 15 is 0 Å². The quantitative estimate of drug-likeness (QED) is 0.881. The third-order valence-electron chi connectivity index (χ3n) is 4.24. The number of rotatable bonds is 5. The van der Waals surface area contributed by atoms with Crippen molar-refractivity contribution in [1.82, 2.24) is 9.97 Å². The molecule has 1 aromatic heterocycles. The highest BCUT2D eigenvalue weighted by Crippen LogP contribution is 2.23. The van der Waals surface area contributed by atoms with E-state index in [1.54, 1.807) is 0 Å². The summed E-state index contributed by atoms with van der Waals surface area (Å²) in [6, 6.07) is 8.18. The molecule has 23 heavy (non-hydrogen) atoms. The van der Waals surface area contributed by atoms with Crippen molar-refractivity contribution >= 4 is 17.3 Å². The van der Waals surface area contributed by atoms with Crippen LogP contribution in [0.3, 0.4) is 0 Å². The number of hydrogen-bond acceptors (Lipinski definition) is 5. The Bertz CT molecular complexity index is 681. The van der Waals surface area contributed by atoms with Gasteiger partial charge in [0.25, 0.3) is 0 Å². The molecule has 1 saturated heterocycles. The second kappa shape index (κ2) is 6.96. The van der Waals surface area contributed by atoms with Gasteiger partial charge in [-0.2, -0.15) is 0 Å². The zero-order chi connectivity index (χ0) is 16.2. The largest absolute Gasteiger partial charge is 0.376 e. The zero-order valence-corrected chi connectivity index (χ0v) is 14.0. The van der Waals surface area contributed by atoms with E-state index < -0.39 is 0 Å². The minimum absolute atomic E-state index is 0.292. The molecule has 0 bridgehead atoms. The Hall–Kier alpha value is -2.14. The molecule has 0 saturated carbocycles. The summed E-state index contributed by atoms with van der Waals surface area (Å²) in [5.74, 6) is 2.39. The van der Waals surface area contributed by atoms with E-state index in [1.165, 1.54) is 11.1 Å². The molecule has 0 radical (unpaired) electrons. The molecule has 1 unspecified atom stereocenters. The van der Waals surface area contributed by atoms with Gasteiger partial charge in [0, 0.05) is 24.9 Å². The molecule has 1 fully saturated rings. The van der Waals surface area contributed by atoms with Crippen LogP contribution in [-0.2, 0) is 4.74 Å². The zero-order valence-electron chi connectivity index (χ0n) is 14.0. The number of nitrogens with one attached hydrogen (secondary N) is 2. The molecular formula is C18H24N4O. The van der Waals surface area contributed by atoms with Crippen molar-refractivity contribution < 1.29 is 4.74 Å². The van der Waals surface area contributed by atoms with Crippen LogP contribution in [-0.4, -0.2) is 29.2 Å². The van der Waals surface area contributed by atoms with Gasteiger partial charge in [-0.1, -0.05) is 12.1 Å². The Morgan fingerprint density at radius 2 is 2.00 bits per heavy atom. The minimum Gasteiger partial charge on any atom is -0.376 e. The van der Waals surface area contributed by atoms with E-state index in [9.17, 15) is 0 Å². The summed E-state index contributed by atoms with van der Waals surface area (Å²) in [6.45, 7) is 7.79. The molecule has 1 aliphatic heterocycles. The summed E-state index contributed by atoms with van der Waals surface area (Å²) < 4.78 is 5.64. The number of hydrogen-bond donors (Lipinski definition) is 2. The van der Waals surface area contributed by atoms with Crippen LogP contribution in [0.25, 0.3) is 0 Å². The van der Waals surface area contributed by atoms with Gasteiger partial charge < -0.3 is 15.4 Å². The van der Waals surface area contributed by atoms with Crippen LogP contribution in [0.15, 0.2) is 24.3 Å². The lowest BCUT2D eigenvalue weighted by molar-refractivity contribution is 0.120. The maximum atomic E-state index is 5.64. The second-order valence-electron chi connectivity index (χ2n) is 6.07. The van der Waals surface area contributed by atoms with E-state index in [0.29, 0.717) is 6.10 Å². The summed E-state index contributed by atoms with van der Waals surface area (Å²) in [6.07, 6.45) is 2.56. The molecular weight excluding hydrogens is 288 g/mol. The first-order valence-corrected chi connectivity index (χ1v) is 8.16. The van der Waals surface area contributed by atoms with Gasteiger partial charge in [-0.25, -0.2) is 9.97 Å². The number of anilines is 3. The predicted molar refractivity (Wildman–Crippen MR) is 93.4 cm³/mol. The normalized spacial score (nSPS) is 17.3. The molecule has 1 atom stereocenters. The van der Waals surface area contributed by atoms with Gasteiger partial charge in [-0.05, 0) is 50.8 Å². The fourth-order valence-corrected chi connectivity index (χ4v) is 2.77. The van der Waals surface area contributed by atoms with Crippen LogP contribution in [0.2, 0.25) is 0 Å². The van der Waals surface area contributed by atoms with Crippen molar-refractivity contribution in [3.63, 3.8) is 0 Å². The monoisotopic (exact) mass is 312 g/mol. The number of aryl methyl sites for hydroxylation is 2. The molecule has 0 amide bonds. The molecule has 1 aliphatic rings. The van der Waals surface area contributed by atoms with Gasteiger partial charge >= 0.3 is 0 Å². The van der Waals surface area contributed by atoms with Crippen molar-refractivity contribution in [1.29, 1.82) is 0 Å². The maximum Gasteiger partial charge on any atom is 0.136 e. The van der Waals surface area contributed by atoms with Crippen LogP contribution in [0.5, 0.6) is 0 Å². The van der Waals surface area contributed by atoms with Crippen molar-refractivity contribution in [2.75, 3.05) is 23.8 Å². The lowest BCUT2D eigenvalue weighted by Crippen LogP contribution is -2.19. The highest BCUT2D eigenvalue weighted by molar-refractivity contribution is 5.63. The topological polar surface area (TPSA) is 59.1 Å². The molecule has 122 valence electrons. The molecule has 2 heterocycles. The number of benzene rings is 1. The van der Waals surface area contributed by atoms with Crippen LogP contribution >= 0.6 is 0 Å². The first kappa shape index (κ1) is 15.7. The first-order chi connectivity index (χ1) is 11.1. The van der Waals surface area contributed by atoms with E-state index in [0.717, 1.165) is 49.1 Å². The smallest absolute Gasteiger partial charge is 0.136 e. The highest BCUT2D eigenvalue weighted by Gasteiger charge is 2.15. The summed E-state index contributed by atoms with van der Waals surface area (Å²) in [5.41, 5.74) is 3.57. The molecule has 0 aliphatic carbocycles. The molecule has 0 spiro atoms. The third kappa shape index (κ3) is 3.99. The molecule has 3 rings (SSSR count). The second-order valence-corrected chi connectivity index (χ2v) is 6.07. The van der Waals surface area contributed by atoms with Gasteiger partial charge in [-0.15, -0.1) is 0 Å². The van der Waals surface area contributed by atoms with Crippen LogP contribution in [0.1, 0.15) is 29.8 Å². The average molecular weight is 312 g/mol. The van der Waals surface area contributed by atoms with E-state index in [4.69, 9.17) is 4.74 Å². The van der Waals surface area contributed by atoms with Gasteiger partial charge in [0.05, 0.1) is 6.10 Å². The molecule has 5 heteroatoms. The summed E-state index contributed by atoms with van der Waals surface area (Å²) in [4.78, 5) is 8.94. The van der Waals surface area contributed by atoms with Crippen LogP contribution in [0, 0.1) is 20.8 Å². The maximum absolute atomic E-state index is 5.64. The van der Waals surface area contributed by atoms with Crippen molar-refractivity contribution in [2.24, 2.45) is 0 Å². The predicted octanol–water partition coefficient (Wildman–Crippen LogP) is 3.74. The lowest BCUT2D eigenvalue weighted by Gasteiger charge is -2.14. The minimum atomic E-state index is 0.292. The van der Waals surface area contributed by atoms with E-state index in [2.05, 4.69) is 52.6 Å². The van der Waals surface area contributed by atoms with Crippen LogP contribution in [0.4, 0.5) is 17.3 Å². The summed E-state index contributed by atoms with van der Waals surface area (Å²) in [7, 11) is 0. The van der Waals surface area contributed by atoms with Gasteiger partial charge in [0.2, 0.25) is 0 Å². The van der Waals surface area contributed by atoms with Gasteiger partial charge in [0.1, 0.15) is 17.5 Å². The Morgan fingerprint density at radius 1 is 1.17 bits per heavy atom. The molecule has 1 aromatic carbocycles. The number of ether oxygens (including phenoxy) is 1. The highest BCUT2D eigenvalue weighted by atomic mass is 16.5. The van der Waals surface area contributed by atoms with Gasteiger partial charge in [-0.3, -0.25) is 0 Å². The van der Waals surface area contributed by atoms with E-state index in [-0.39, 0.29) is 0 Å². The Labute approximate surface area is 137 Å². The lowest BCUT2D eigenvalue weighted by atomic mass is 10.1. The van der Waals surface area contributed by atoms with Crippen LogP contribution < -0.4 is 10.6 Å². The Morgan fingerprint density at radius 3 is 2.78 bits per heavy atom. The number of aromatic nitrogens is 2. The van der Waals surface area contributed by atoms with Crippen molar-refractivity contribution in [3.8, 4) is 0 Å². The molecule has 2 aromatic rings. The standard InChI is InChI=1S/C18H24N4O/c1-12-6-4-8-16(13(12)2)22-18-10-17(20-14(3)21-18)19-11-15-7-5-9-23-15/h4,6,8,10,15H,5,7,9,11H2,1-3H3,(H2,19,20,21,22). The summed E-state index contributed by atoms with van der Waals surface area (Å²) >= 11 is 0. The SMILES string of the molecule is Cc1nc(NCC2CCCO2)cc(Nc2cccc(C)c2C)n1. The Kier molecular flexibility index (Phi) is 4.76. The van der Waals surface area contributed by atoms with Gasteiger partial charge in [0.15, 0.2) is 0 Å². The Balaban J connectivity index is 1.73. The molecule has 2 N–H and O–H groups in total. The average Bonchev–Trinajstić information content (AvgIpc) is 3.03. The van der Waals surface area contributed by atoms with Crippen molar-refractivity contribution in [2.45, 2.75) is 39.7 Å². The fraction of sp³-hybridized carbons (Fsp3) is 0.444. The summed E-state index contributed by atoms with van der Waals surface area (Å²) in [5, 5.41) is 6.76. The number of nitrogens with zero attached hydrogens (tertiary/aromatic N) is 2. The molecule has 5 nitrogen and oxygen atoms in total. The fourth-order valence-electron chi connectivity index (χ4n) is 2.77. The first-order valence-electron chi connectivity index (χ1n) is 8.16. The van der Waals surface area contributed by atoms with Crippen molar-refractivity contribution in [3.05, 3.63) is 41.2 Å².